The summed E-state index contributed by atoms with van der Waals surface area (Å²) >= 11 is 0. The number of hydrogen-bond acceptors (Lipinski definition) is 4. The van der Waals surface area contributed by atoms with Crippen molar-refractivity contribution in [3.8, 4) is 0 Å². The van der Waals surface area contributed by atoms with Crippen molar-refractivity contribution in [2.24, 2.45) is 0 Å². The molecule has 1 amide bonds. The Kier molecular flexibility index (Phi) is 4.70. The highest BCUT2D eigenvalue weighted by Gasteiger charge is 2.07. The molecule has 5 nitrogen and oxygen atoms in total. The highest BCUT2D eigenvalue weighted by Crippen LogP contribution is 1.89. The number of nitrogens with one attached hydrogen (secondary N) is 2. The maximum absolute atomic E-state index is 11.5. The molecule has 0 aliphatic carbocycles. The zero-order valence-corrected chi connectivity index (χ0v) is 9.03. The summed E-state index contributed by atoms with van der Waals surface area (Å²) in [5.74, 6) is -0.187. The molecule has 1 heterocycles. The summed E-state index contributed by atoms with van der Waals surface area (Å²) in [6.45, 7) is 5.52. The van der Waals surface area contributed by atoms with Crippen molar-refractivity contribution in [2.75, 3.05) is 13.1 Å². The maximum Gasteiger partial charge on any atom is 0.271 e. The Morgan fingerprint density at radius 3 is 2.93 bits per heavy atom. The Morgan fingerprint density at radius 1 is 1.53 bits per heavy atom. The molecule has 2 N–H and O–H groups in total. The Bertz CT molecular complexity index is 302. The Hall–Kier alpha value is -1.49. The van der Waals surface area contributed by atoms with Gasteiger partial charge in [0.05, 0.1) is 6.20 Å². The second-order valence-corrected chi connectivity index (χ2v) is 3.26. The second kappa shape index (κ2) is 6.08. The largest absolute Gasteiger partial charge is 0.349 e. The summed E-state index contributed by atoms with van der Waals surface area (Å²) in [5, 5.41) is 5.98. The van der Waals surface area contributed by atoms with E-state index in [4.69, 9.17) is 0 Å². The van der Waals surface area contributed by atoms with Gasteiger partial charge in [0.25, 0.3) is 5.91 Å². The molecule has 0 aliphatic rings. The van der Waals surface area contributed by atoms with E-state index in [-0.39, 0.29) is 11.9 Å². The summed E-state index contributed by atoms with van der Waals surface area (Å²) in [5.41, 5.74) is 0.348. The highest BCUT2D eigenvalue weighted by molar-refractivity contribution is 5.91. The molecule has 0 fully saturated rings. The van der Waals surface area contributed by atoms with Gasteiger partial charge in [-0.3, -0.25) is 9.78 Å². The third-order valence-corrected chi connectivity index (χ3v) is 1.92. The average Bonchev–Trinajstić information content (AvgIpc) is 2.27. The SMILES string of the molecule is CCN[C@H](C)CNC(=O)c1cnccn1. The lowest BCUT2D eigenvalue weighted by Crippen LogP contribution is -2.39. The molecule has 1 rings (SSSR count). The van der Waals surface area contributed by atoms with Crippen LogP contribution in [0.2, 0.25) is 0 Å². The molecule has 0 saturated carbocycles. The third-order valence-electron chi connectivity index (χ3n) is 1.92. The normalized spacial score (nSPS) is 12.1. The Balaban J connectivity index is 2.37. The number of aromatic nitrogens is 2. The van der Waals surface area contributed by atoms with E-state index in [0.29, 0.717) is 12.2 Å². The van der Waals surface area contributed by atoms with Crippen molar-refractivity contribution in [3.63, 3.8) is 0 Å². The zero-order valence-electron chi connectivity index (χ0n) is 9.03. The van der Waals surface area contributed by atoms with E-state index in [9.17, 15) is 4.79 Å². The standard InChI is InChI=1S/C10H16N4O/c1-3-12-8(2)6-14-10(15)9-7-11-4-5-13-9/h4-5,7-8,12H,3,6H2,1-2H3,(H,14,15)/t8-/m1/s1. The Morgan fingerprint density at radius 2 is 2.33 bits per heavy atom. The number of carbonyl (C=O) groups excluding carboxylic acids is 1. The number of nitrogens with zero attached hydrogens (tertiary/aromatic N) is 2. The van der Waals surface area contributed by atoms with Crippen LogP contribution in [0, 0.1) is 0 Å². The lowest BCUT2D eigenvalue weighted by molar-refractivity contribution is 0.0945. The Labute approximate surface area is 89.3 Å². The molecule has 0 unspecified atom stereocenters. The van der Waals surface area contributed by atoms with E-state index in [1.165, 1.54) is 18.6 Å². The van der Waals surface area contributed by atoms with Crippen LogP contribution in [0.3, 0.4) is 0 Å². The molecule has 0 aliphatic heterocycles. The first-order chi connectivity index (χ1) is 7.24. The molecule has 15 heavy (non-hydrogen) atoms. The van der Waals surface area contributed by atoms with Gasteiger partial charge in [0.2, 0.25) is 0 Å². The van der Waals surface area contributed by atoms with Crippen molar-refractivity contribution < 1.29 is 4.79 Å². The molecule has 0 radical (unpaired) electrons. The van der Waals surface area contributed by atoms with Crippen molar-refractivity contribution in [1.82, 2.24) is 20.6 Å². The van der Waals surface area contributed by atoms with Crippen molar-refractivity contribution >= 4 is 5.91 Å². The molecule has 1 atom stereocenters. The fourth-order valence-corrected chi connectivity index (χ4v) is 1.17. The van der Waals surface area contributed by atoms with Crippen LogP contribution in [-0.4, -0.2) is 35.0 Å². The fourth-order valence-electron chi connectivity index (χ4n) is 1.17. The van der Waals surface area contributed by atoms with E-state index in [1.54, 1.807) is 0 Å². The number of amides is 1. The van der Waals surface area contributed by atoms with Crippen LogP contribution in [0.25, 0.3) is 0 Å². The number of carbonyl (C=O) groups is 1. The molecule has 0 aromatic carbocycles. The van der Waals surface area contributed by atoms with Crippen LogP contribution in [0.1, 0.15) is 24.3 Å². The quantitative estimate of drug-likeness (QED) is 0.725. The topological polar surface area (TPSA) is 66.9 Å². The number of hydrogen-bond donors (Lipinski definition) is 2. The first-order valence-corrected chi connectivity index (χ1v) is 5.01. The lowest BCUT2D eigenvalue weighted by atomic mass is 10.3. The zero-order chi connectivity index (χ0) is 11.1. The third kappa shape index (κ3) is 4.03. The summed E-state index contributed by atoms with van der Waals surface area (Å²) in [6.07, 6.45) is 4.49. The predicted molar refractivity (Wildman–Crippen MR) is 57.5 cm³/mol. The molecule has 1 aromatic rings. The molecular weight excluding hydrogens is 192 g/mol. The van der Waals surface area contributed by atoms with E-state index >= 15 is 0 Å². The molecule has 0 bridgehead atoms. The summed E-state index contributed by atoms with van der Waals surface area (Å²) in [4.78, 5) is 19.2. The monoisotopic (exact) mass is 208 g/mol. The van der Waals surface area contributed by atoms with Gasteiger partial charge in [-0.2, -0.15) is 0 Å². The number of rotatable bonds is 5. The van der Waals surface area contributed by atoms with Gasteiger partial charge in [0, 0.05) is 25.0 Å². The van der Waals surface area contributed by atoms with Gasteiger partial charge < -0.3 is 10.6 Å². The van der Waals surface area contributed by atoms with Gasteiger partial charge in [0.1, 0.15) is 5.69 Å². The maximum atomic E-state index is 11.5. The minimum absolute atomic E-state index is 0.187. The average molecular weight is 208 g/mol. The first kappa shape index (κ1) is 11.6. The molecule has 0 spiro atoms. The van der Waals surface area contributed by atoms with Gasteiger partial charge in [-0.25, -0.2) is 4.98 Å². The molecular formula is C10H16N4O. The van der Waals surface area contributed by atoms with E-state index in [1.807, 2.05) is 13.8 Å². The molecule has 0 saturated heterocycles. The second-order valence-electron chi connectivity index (χ2n) is 3.26. The smallest absolute Gasteiger partial charge is 0.271 e. The molecule has 5 heteroatoms. The van der Waals surface area contributed by atoms with Crippen molar-refractivity contribution in [2.45, 2.75) is 19.9 Å². The molecule has 1 aromatic heterocycles. The van der Waals surface area contributed by atoms with Gasteiger partial charge in [0.15, 0.2) is 0 Å². The van der Waals surface area contributed by atoms with Crippen LogP contribution in [0.4, 0.5) is 0 Å². The molecule has 82 valence electrons. The summed E-state index contributed by atoms with van der Waals surface area (Å²) in [7, 11) is 0. The van der Waals surface area contributed by atoms with Crippen molar-refractivity contribution in [1.29, 1.82) is 0 Å². The van der Waals surface area contributed by atoms with Gasteiger partial charge in [-0.1, -0.05) is 6.92 Å². The summed E-state index contributed by atoms with van der Waals surface area (Å²) in [6, 6.07) is 0.260. The van der Waals surface area contributed by atoms with Crippen molar-refractivity contribution in [3.05, 3.63) is 24.3 Å². The first-order valence-electron chi connectivity index (χ1n) is 5.01. The van der Waals surface area contributed by atoms with Crippen LogP contribution in [0.5, 0.6) is 0 Å². The minimum Gasteiger partial charge on any atom is -0.349 e. The van der Waals surface area contributed by atoms with E-state index in [2.05, 4.69) is 20.6 Å². The van der Waals surface area contributed by atoms with Crippen LogP contribution >= 0.6 is 0 Å². The van der Waals surface area contributed by atoms with Crippen LogP contribution in [0.15, 0.2) is 18.6 Å². The number of likely N-dealkylation sites (N-methyl/N-ethyl adjacent to an activating group) is 1. The van der Waals surface area contributed by atoms with Gasteiger partial charge in [-0.15, -0.1) is 0 Å². The van der Waals surface area contributed by atoms with Crippen LogP contribution in [-0.2, 0) is 0 Å². The van der Waals surface area contributed by atoms with Crippen LogP contribution < -0.4 is 10.6 Å². The minimum atomic E-state index is -0.187. The van der Waals surface area contributed by atoms with E-state index in [0.717, 1.165) is 6.54 Å². The highest BCUT2D eigenvalue weighted by atomic mass is 16.1. The van der Waals surface area contributed by atoms with Gasteiger partial charge in [-0.05, 0) is 13.5 Å². The predicted octanol–water partition coefficient (Wildman–Crippen LogP) is 0.204. The summed E-state index contributed by atoms with van der Waals surface area (Å²) < 4.78 is 0. The lowest BCUT2D eigenvalue weighted by Gasteiger charge is -2.12. The van der Waals surface area contributed by atoms with E-state index < -0.39 is 0 Å². The fraction of sp³-hybridized carbons (Fsp3) is 0.500. The van der Waals surface area contributed by atoms with Gasteiger partial charge >= 0.3 is 0 Å².